The van der Waals surface area contributed by atoms with Gasteiger partial charge in [0.15, 0.2) is 0 Å². The second-order valence-electron chi connectivity index (χ2n) is 5.37. The van der Waals surface area contributed by atoms with Crippen molar-refractivity contribution < 1.29 is 9.18 Å². The molecular weight excluding hydrogens is 356 g/mol. The van der Waals surface area contributed by atoms with Gasteiger partial charge in [-0.05, 0) is 59.5 Å². The third kappa shape index (κ3) is 3.27. The van der Waals surface area contributed by atoms with Gasteiger partial charge in [0.1, 0.15) is 5.82 Å². The lowest BCUT2D eigenvalue weighted by Crippen LogP contribution is -2.42. The van der Waals surface area contributed by atoms with Crippen LogP contribution < -0.4 is 0 Å². The largest absolute Gasteiger partial charge is 0.338 e. The molecule has 2 atom stereocenters. The Balaban J connectivity index is 2.18. The zero-order valence-electron chi connectivity index (χ0n) is 11.3. The normalized spacial score (nSPS) is 23.2. The molecule has 0 heterocycles. The summed E-state index contributed by atoms with van der Waals surface area (Å²) >= 11 is 2.02. The van der Waals surface area contributed by atoms with Crippen LogP contribution in [0.5, 0.6) is 0 Å². The summed E-state index contributed by atoms with van der Waals surface area (Å²) in [7, 11) is 1.87. The van der Waals surface area contributed by atoms with Crippen LogP contribution in [0.15, 0.2) is 18.2 Å². The molecule has 0 N–H and O–H groups in total. The van der Waals surface area contributed by atoms with Crippen LogP contribution in [0.2, 0.25) is 0 Å². The molecule has 0 spiro atoms. The maximum absolute atomic E-state index is 13.1. The summed E-state index contributed by atoms with van der Waals surface area (Å²) in [4.78, 5) is 14.4. The number of halogens is 2. The molecule has 1 aliphatic rings. The molecule has 0 aliphatic heterocycles. The number of hydrogen-bond acceptors (Lipinski definition) is 1. The first-order valence-electron chi connectivity index (χ1n) is 6.73. The zero-order valence-corrected chi connectivity index (χ0v) is 13.5. The fourth-order valence-electron chi connectivity index (χ4n) is 2.88. The minimum Gasteiger partial charge on any atom is -0.338 e. The van der Waals surface area contributed by atoms with Crippen LogP contribution >= 0.6 is 22.6 Å². The highest BCUT2D eigenvalue weighted by atomic mass is 127. The third-order valence-electron chi connectivity index (χ3n) is 4.05. The topological polar surface area (TPSA) is 20.3 Å². The Morgan fingerprint density at radius 1 is 1.37 bits per heavy atom. The lowest BCUT2D eigenvalue weighted by Gasteiger charge is -2.36. The molecule has 1 aromatic carbocycles. The van der Waals surface area contributed by atoms with Crippen LogP contribution in [0.1, 0.15) is 43.0 Å². The molecule has 19 heavy (non-hydrogen) atoms. The lowest BCUT2D eigenvalue weighted by molar-refractivity contribution is 0.0628. The molecular formula is C15H19FINO. The van der Waals surface area contributed by atoms with Gasteiger partial charge in [-0.3, -0.25) is 4.79 Å². The highest BCUT2D eigenvalue weighted by Gasteiger charge is 2.29. The van der Waals surface area contributed by atoms with E-state index in [1.54, 1.807) is 6.07 Å². The number of amides is 1. The number of rotatable bonds is 2. The maximum atomic E-state index is 13.1. The molecule has 0 radical (unpaired) electrons. The van der Waals surface area contributed by atoms with Crippen LogP contribution in [0.3, 0.4) is 0 Å². The third-order valence-corrected chi connectivity index (χ3v) is 4.94. The Hall–Kier alpha value is -0.650. The van der Waals surface area contributed by atoms with Gasteiger partial charge in [-0.25, -0.2) is 4.39 Å². The molecule has 2 rings (SSSR count). The van der Waals surface area contributed by atoms with Gasteiger partial charge in [0, 0.05) is 16.7 Å². The Bertz CT molecular complexity index is 477. The smallest absolute Gasteiger partial charge is 0.254 e. The Morgan fingerprint density at radius 2 is 2.05 bits per heavy atom. The van der Waals surface area contributed by atoms with Crippen molar-refractivity contribution in [3.05, 3.63) is 33.1 Å². The molecule has 0 bridgehead atoms. The van der Waals surface area contributed by atoms with Crippen molar-refractivity contribution in [1.82, 2.24) is 4.90 Å². The summed E-state index contributed by atoms with van der Waals surface area (Å²) in [5.74, 6) is 0.249. The Kier molecular flexibility index (Phi) is 4.81. The summed E-state index contributed by atoms with van der Waals surface area (Å²) < 4.78 is 13.8. The van der Waals surface area contributed by atoms with Crippen LogP contribution in [0.4, 0.5) is 4.39 Å². The van der Waals surface area contributed by atoms with Gasteiger partial charge in [0.05, 0.1) is 5.56 Å². The summed E-state index contributed by atoms with van der Waals surface area (Å²) in [5, 5.41) is 0. The second-order valence-corrected chi connectivity index (χ2v) is 6.53. The van der Waals surface area contributed by atoms with Crippen molar-refractivity contribution in [2.75, 3.05) is 7.05 Å². The molecule has 1 amide bonds. The second kappa shape index (κ2) is 6.20. The highest BCUT2D eigenvalue weighted by Crippen LogP contribution is 2.28. The SMILES string of the molecule is CC1CCCCC1N(C)C(=O)c1ccc(F)cc1I. The summed E-state index contributed by atoms with van der Waals surface area (Å²) in [6.07, 6.45) is 4.70. The van der Waals surface area contributed by atoms with E-state index < -0.39 is 0 Å². The van der Waals surface area contributed by atoms with E-state index in [4.69, 9.17) is 0 Å². The molecule has 0 aromatic heterocycles. The molecule has 1 fully saturated rings. The van der Waals surface area contributed by atoms with E-state index in [0.29, 0.717) is 21.1 Å². The minimum absolute atomic E-state index is 0.00292. The van der Waals surface area contributed by atoms with Gasteiger partial charge >= 0.3 is 0 Å². The summed E-state index contributed by atoms with van der Waals surface area (Å²) in [5.41, 5.74) is 0.599. The maximum Gasteiger partial charge on any atom is 0.254 e. The summed E-state index contributed by atoms with van der Waals surface area (Å²) in [6.45, 7) is 2.21. The van der Waals surface area contributed by atoms with Crippen molar-refractivity contribution in [3.63, 3.8) is 0 Å². The van der Waals surface area contributed by atoms with Crippen molar-refractivity contribution in [3.8, 4) is 0 Å². The van der Waals surface area contributed by atoms with Crippen LogP contribution in [-0.4, -0.2) is 23.9 Å². The van der Waals surface area contributed by atoms with Crippen LogP contribution in [0.25, 0.3) is 0 Å². The molecule has 1 saturated carbocycles. The molecule has 104 valence electrons. The molecule has 2 nitrogen and oxygen atoms in total. The number of benzene rings is 1. The van der Waals surface area contributed by atoms with E-state index in [2.05, 4.69) is 6.92 Å². The van der Waals surface area contributed by atoms with E-state index in [0.717, 1.165) is 6.42 Å². The minimum atomic E-state index is -0.297. The molecule has 4 heteroatoms. The van der Waals surface area contributed by atoms with Crippen LogP contribution in [-0.2, 0) is 0 Å². The Morgan fingerprint density at radius 3 is 2.68 bits per heavy atom. The monoisotopic (exact) mass is 375 g/mol. The number of carbonyl (C=O) groups excluding carboxylic acids is 1. The molecule has 1 aromatic rings. The van der Waals surface area contributed by atoms with Gasteiger partial charge in [0.2, 0.25) is 0 Å². The molecule has 2 unspecified atom stereocenters. The standard InChI is InChI=1S/C15H19FINO/c1-10-5-3-4-6-14(10)18(2)15(19)12-8-7-11(16)9-13(12)17/h7-10,14H,3-6H2,1-2H3. The first-order valence-corrected chi connectivity index (χ1v) is 7.81. The molecule has 1 aliphatic carbocycles. The fourth-order valence-corrected chi connectivity index (χ4v) is 3.58. The number of hydrogen-bond donors (Lipinski definition) is 0. The van der Waals surface area contributed by atoms with E-state index in [9.17, 15) is 9.18 Å². The quantitative estimate of drug-likeness (QED) is 0.714. The fraction of sp³-hybridized carbons (Fsp3) is 0.533. The van der Waals surface area contributed by atoms with E-state index in [-0.39, 0.29) is 11.7 Å². The first-order chi connectivity index (χ1) is 9.00. The van der Waals surface area contributed by atoms with Crippen molar-refractivity contribution in [2.24, 2.45) is 5.92 Å². The average molecular weight is 375 g/mol. The first kappa shape index (κ1) is 14.8. The van der Waals surface area contributed by atoms with Crippen LogP contribution in [0, 0.1) is 15.3 Å². The lowest BCUT2D eigenvalue weighted by atomic mass is 9.85. The zero-order chi connectivity index (χ0) is 14.0. The molecule has 0 saturated heterocycles. The number of carbonyl (C=O) groups is 1. The van der Waals surface area contributed by atoms with Gasteiger partial charge < -0.3 is 4.90 Å². The van der Waals surface area contributed by atoms with Gasteiger partial charge in [-0.15, -0.1) is 0 Å². The predicted molar refractivity (Wildman–Crippen MR) is 82.6 cm³/mol. The van der Waals surface area contributed by atoms with Gasteiger partial charge in [-0.2, -0.15) is 0 Å². The van der Waals surface area contributed by atoms with Gasteiger partial charge in [-0.1, -0.05) is 19.8 Å². The number of nitrogens with zero attached hydrogens (tertiary/aromatic N) is 1. The summed E-state index contributed by atoms with van der Waals surface area (Å²) in [6, 6.07) is 4.66. The van der Waals surface area contributed by atoms with Gasteiger partial charge in [0.25, 0.3) is 5.91 Å². The van der Waals surface area contributed by atoms with Crippen molar-refractivity contribution in [2.45, 2.75) is 38.6 Å². The van der Waals surface area contributed by atoms with E-state index in [1.165, 1.54) is 31.4 Å². The highest BCUT2D eigenvalue weighted by molar-refractivity contribution is 14.1. The van der Waals surface area contributed by atoms with E-state index >= 15 is 0 Å². The predicted octanol–water partition coefficient (Wildman–Crippen LogP) is 4.08. The average Bonchev–Trinajstić information content (AvgIpc) is 2.38. The Labute approximate surface area is 127 Å². The van der Waals surface area contributed by atoms with Crippen molar-refractivity contribution in [1.29, 1.82) is 0 Å². The van der Waals surface area contributed by atoms with E-state index in [1.807, 2.05) is 34.5 Å². The van der Waals surface area contributed by atoms with Crippen molar-refractivity contribution >= 4 is 28.5 Å².